The van der Waals surface area contributed by atoms with Crippen molar-refractivity contribution in [3.63, 3.8) is 0 Å². The first-order chi connectivity index (χ1) is 17.3. The lowest BCUT2D eigenvalue weighted by atomic mass is 9.44. The van der Waals surface area contributed by atoms with Gasteiger partial charge in [-0.15, -0.1) is 0 Å². The number of hydrogen-bond donors (Lipinski definition) is 2. The second-order valence-corrected chi connectivity index (χ2v) is 13.6. The number of carbonyl (C=O) groups excluding carboxylic acids is 1. The van der Waals surface area contributed by atoms with Gasteiger partial charge in [0.05, 0.1) is 12.2 Å². The van der Waals surface area contributed by atoms with Crippen molar-refractivity contribution < 1.29 is 32.5 Å². The number of hydrogen-bond acceptors (Lipinski definition) is 5. The van der Waals surface area contributed by atoms with E-state index in [4.69, 9.17) is 9.67 Å². The van der Waals surface area contributed by atoms with Gasteiger partial charge in [0.25, 0.3) is 0 Å². The summed E-state index contributed by atoms with van der Waals surface area (Å²) in [6.45, 7) is 10.2. The van der Waals surface area contributed by atoms with Gasteiger partial charge in [-0.1, -0.05) is 34.6 Å². The van der Waals surface area contributed by atoms with E-state index in [2.05, 4.69) is 13.8 Å². The van der Waals surface area contributed by atoms with Crippen molar-refractivity contribution in [3.05, 3.63) is 0 Å². The minimum Gasteiger partial charge on any atom is -0.393 e. The molecule has 196 valence electrons. The molecule has 0 amide bonds. The first-order valence-electron chi connectivity index (χ1n) is 15.1. The molecular weight excluding hydrogens is 452 g/mol. The standard InChI is InChI=1S/C27H46O6S/c1-16(2)24(33-34(30,31)32)9-6-17(3)20-7-8-21-25-22(11-13-27(20,21)5)26(4)12-10-19(28)14-18(26)15-23(25)29/h16-18,20-25,29H,6-15H2,1-5H3,(H,30,31,32)/t17-,18-,20-,21?,22?,23-,24-,25?,26+,27-/m1/s1/i10D2,14D2. The largest absolute Gasteiger partial charge is 0.397 e. The molecule has 34 heavy (non-hydrogen) atoms. The number of aliphatic hydroxyl groups is 1. The van der Waals surface area contributed by atoms with Crippen LogP contribution in [0.25, 0.3) is 0 Å². The van der Waals surface area contributed by atoms with Crippen LogP contribution in [0.1, 0.15) is 104 Å². The zero-order chi connectivity index (χ0) is 28.6. The van der Waals surface area contributed by atoms with Crippen molar-refractivity contribution in [1.29, 1.82) is 0 Å². The van der Waals surface area contributed by atoms with Gasteiger partial charge in [-0.05, 0) is 104 Å². The molecule has 4 fully saturated rings. The highest BCUT2D eigenvalue weighted by Gasteiger charge is 2.62. The Hall–Kier alpha value is -0.500. The summed E-state index contributed by atoms with van der Waals surface area (Å²) < 4.78 is 70.7. The van der Waals surface area contributed by atoms with Gasteiger partial charge in [-0.2, -0.15) is 8.42 Å². The number of aliphatic hydroxyl groups excluding tert-OH is 1. The van der Waals surface area contributed by atoms with E-state index < -0.39 is 52.5 Å². The lowest BCUT2D eigenvalue weighted by molar-refractivity contribution is -0.169. The van der Waals surface area contributed by atoms with Crippen LogP contribution in [0.5, 0.6) is 0 Å². The molecule has 0 bridgehead atoms. The lowest BCUT2D eigenvalue weighted by Crippen LogP contribution is -2.58. The fraction of sp³-hybridized carbons (Fsp3) is 0.963. The molecule has 0 heterocycles. The van der Waals surface area contributed by atoms with E-state index in [1.165, 1.54) is 0 Å². The van der Waals surface area contributed by atoms with Gasteiger partial charge in [0.1, 0.15) is 5.78 Å². The van der Waals surface area contributed by atoms with Gasteiger partial charge in [0.15, 0.2) is 0 Å². The van der Waals surface area contributed by atoms with Gasteiger partial charge < -0.3 is 5.11 Å². The Morgan fingerprint density at radius 1 is 1.09 bits per heavy atom. The van der Waals surface area contributed by atoms with Crippen LogP contribution in [0.3, 0.4) is 0 Å². The van der Waals surface area contributed by atoms with Gasteiger partial charge in [0.2, 0.25) is 0 Å². The number of Topliss-reactive ketones (excluding diaryl/α,β-unsaturated/α-hetero) is 1. The fourth-order valence-electron chi connectivity index (χ4n) is 8.64. The smallest absolute Gasteiger partial charge is 0.393 e. The normalized spacial score (nSPS) is 49.0. The molecule has 0 spiro atoms. The maximum atomic E-state index is 12.7. The Morgan fingerprint density at radius 3 is 2.41 bits per heavy atom. The Kier molecular flexibility index (Phi) is 5.98. The van der Waals surface area contributed by atoms with E-state index in [1.54, 1.807) is 0 Å². The Labute approximate surface area is 212 Å². The molecular formula is C27H46O6S. The molecule has 6 nitrogen and oxygen atoms in total. The minimum absolute atomic E-state index is 0.00448. The summed E-state index contributed by atoms with van der Waals surface area (Å²) in [5, 5.41) is 11.5. The molecule has 4 aliphatic carbocycles. The topological polar surface area (TPSA) is 101 Å². The fourth-order valence-corrected chi connectivity index (χ4v) is 9.27. The molecule has 0 aromatic heterocycles. The molecule has 0 aromatic rings. The third-order valence-electron chi connectivity index (χ3n) is 10.5. The second-order valence-electron chi connectivity index (χ2n) is 12.6. The predicted molar refractivity (Wildman–Crippen MR) is 131 cm³/mol. The molecule has 2 N–H and O–H groups in total. The van der Waals surface area contributed by atoms with Crippen molar-refractivity contribution in [2.75, 3.05) is 0 Å². The average molecular weight is 503 g/mol. The van der Waals surface area contributed by atoms with Crippen LogP contribution < -0.4 is 0 Å². The van der Waals surface area contributed by atoms with E-state index in [1.807, 2.05) is 20.8 Å². The minimum atomic E-state index is -4.52. The quantitative estimate of drug-likeness (QED) is 0.449. The summed E-state index contributed by atoms with van der Waals surface area (Å²) in [5.74, 6) is -0.963. The molecule has 7 heteroatoms. The van der Waals surface area contributed by atoms with E-state index in [0.29, 0.717) is 12.3 Å². The summed E-state index contributed by atoms with van der Waals surface area (Å²) in [4.78, 5) is 12.7. The highest BCUT2D eigenvalue weighted by Crippen LogP contribution is 2.68. The van der Waals surface area contributed by atoms with Crippen LogP contribution in [0.2, 0.25) is 0 Å². The van der Waals surface area contributed by atoms with Gasteiger partial charge >= 0.3 is 10.4 Å². The number of rotatable bonds is 7. The van der Waals surface area contributed by atoms with Crippen LogP contribution in [-0.2, 0) is 19.4 Å². The second kappa shape index (κ2) is 9.42. The highest BCUT2D eigenvalue weighted by atomic mass is 32.3. The van der Waals surface area contributed by atoms with Crippen molar-refractivity contribution in [3.8, 4) is 0 Å². The van der Waals surface area contributed by atoms with Crippen molar-refractivity contribution in [1.82, 2.24) is 0 Å². The number of ketones is 1. The van der Waals surface area contributed by atoms with Crippen molar-refractivity contribution in [2.45, 2.75) is 111 Å². The zero-order valence-corrected chi connectivity index (χ0v) is 22.1. The van der Waals surface area contributed by atoms with E-state index in [-0.39, 0.29) is 47.8 Å². The van der Waals surface area contributed by atoms with Crippen LogP contribution >= 0.6 is 0 Å². The number of fused-ring (bicyclic) bond motifs is 5. The monoisotopic (exact) mass is 502 g/mol. The first-order valence-corrected chi connectivity index (χ1v) is 14.5. The van der Waals surface area contributed by atoms with E-state index in [9.17, 15) is 22.9 Å². The van der Waals surface area contributed by atoms with Gasteiger partial charge in [-0.25, -0.2) is 4.18 Å². The van der Waals surface area contributed by atoms with Crippen LogP contribution in [0, 0.1) is 52.3 Å². The summed E-state index contributed by atoms with van der Waals surface area (Å²) in [5.41, 5.74) is -0.738. The molecule has 4 aliphatic rings. The molecule has 4 saturated carbocycles. The zero-order valence-electron chi connectivity index (χ0n) is 25.3. The maximum Gasteiger partial charge on any atom is 0.397 e. The summed E-state index contributed by atoms with van der Waals surface area (Å²) >= 11 is 0. The molecule has 0 aromatic carbocycles. The summed E-state index contributed by atoms with van der Waals surface area (Å²) in [7, 11) is -4.52. The molecule has 10 atom stereocenters. The third kappa shape index (κ3) is 4.76. The highest BCUT2D eigenvalue weighted by molar-refractivity contribution is 7.80. The lowest BCUT2D eigenvalue weighted by Gasteiger charge is -2.62. The predicted octanol–water partition coefficient (Wildman–Crippen LogP) is 5.45. The van der Waals surface area contributed by atoms with Crippen LogP contribution in [0.15, 0.2) is 0 Å². The molecule has 0 saturated heterocycles. The number of carbonyl (C=O) groups is 1. The Morgan fingerprint density at radius 2 is 1.76 bits per heavy atom. The Bertz CT molecular complexity index is 1030. The molecule has 0 radical (unpaired) electrons. The van der Waals surface area contributed by atoms with E-state index >= 15 is 0 Å². The summed E-state index contributed by atoms with van der Waals surface area (Å²) in [6.07, 6.45) is -0.772. The van der Waals surface area contributed by atoms with Crippen molar-refractivity contribution >= 4 is 16.2 Å². The van der Waals surface area contributed by atoms with Gasteiger partial charge in [-0.3, -0.25) is 9.35 Å². The molecule has 4 rings (SSSR count). The average Bonchev–Trinajstić information content (AvgIpc) is 3.13. The molecule has 3 unspecified atom stereocenters. The molecule has 0 aliphatic heterocycles. The SMILES string of the molecule is [2H]C1([2H])C[C@]2(C)C3CC[C@@]4(C)C(CC[C@@H]4[C@H](C)CC[C@@H](OS(=O)(=O)O)C(C)C)C3[C@H](O)C[C@H]2C([2H])([2H])C1=O. The van der Waals surface area contributed by atoms with Crippen LogP contribution in [-0.4, -0.2) is 36.1 Å². The maximum absolute atomic E-state index is 12.7. The summed E-state index contributed by atoms with van der Waals surface area (Å²) in [6, 6.07) is 0. The van der Waals surface area contributed by atoms with E-state index in [0.717, 1.165) is 32.1 Å². The van der Waals surface area contributed by atoms with Crippen molar-refractivity contribution in [2.24, 2.45) is 52.3 Å². The Balaban J connectivity index is 1.55. The van der Waals surface area contributed by atoms with Crippen LogP contribution in [0.4, 0.5) is 0 Å². The third-order valence-corrected chi connectivity index (χ3v) is 11.0. The first kappa shape index (κ1) is 21.6. The van der Waals surface area contributed by atoms with Gasteiger partial charge in [0, 0.05) is 18.2 Å².